The van der Waals surface area contributed by atoms with Crippen LogP contribution in [0.1, 0.15) is 27.1 Å². The summed E-state index contributed by atoms with van der Waals surface area (Å²) in [6.45, 7) is 1.44. The van der Waals surface area contributed by atoms with Crippen LogP contribution in [0, 0.1) is 0 Å². The molecule has 0 atom stereocenters. The van der Waals surface area contributed by atoms with Crippen molar-refractivity contribution in [3.05, 3.63) is 96.2 Å². The van der Waals surface area contributed by atoms with Crippen LogP contribution in [0.4, 0.5) is 0 Å². The molecule has 4 aromatic rings. The average Bonchev–Trinajstić information content (AvgIpc) is 3.20. The van der Waals surface area contributed by atoms with Crippen molar-refractivity contribution in [2.45, 2.75) is 13.0 Å². The zero-order valence-electron chi connectivity index (χ0n) is 17.0. The molecule has 2 amide bonds. The Morgan fingerprint density at radius 2 is 1.48 bits per heavy atom. The Labute approximate surface area is 180 Å². The highest BCUT2D eigenvalue weighted by Gasteiger charge is 2.07. The van der Waals surface area contributed by atoms with E-state index in [4.69, 9.17) is 10.5 Å². The molecule has 0 saturated heterocycles. The van der Waals surface area contributed by atoms with E-state index in [1.165, 1.54) is 10.9 Å². The molecule has 0 bridgehead atoms. The predicted octanol–water partition coefficient (Wildman–Crippen LogP) is 4.35. The summed E-state index contributed by atoms with van der Waals surface area (Å²) < 4.78 is 7.93. The SMILES string of the molecule is NC(=O)c1ccc(Oc2ccc(C(=O)NCCCn3ccc4ccccc43)cc2)cc1. The largest absolute Gasteiger partial charge is 0.457 e. The van der Waals surface area contributed by atoms with E-state index in [1.54, 1.807) is 48.5 Å². The number of fused-ring (bicyclic) bond motifs is 1. The Balaban J connectivity index is 1.26. The first-order valence-corrected chi connectivity index (χ1v) is 10.1. The van der Waals surface area contributed by atoms with Gasteiger partial charge in [0.1, 0.15) is 11.5 Å². The number of ether oxygens (including phenoxy) is 1. The second-order valence-electron chi connectivity index (χ2n) is 7.19. The fraction of sp³-hybridized carbons (Fsp3) is 0.120. The molecule has 0 aliphatic carbocycles. The van der Waals surface area contributed by atoms with Crippen molar-refractivity contribution < 1.29 is 14.3 Å². The van der Waals surface area contributed by atoms with Crippen LogP contribution in [0.3, 0.4) is 0 Å². The van der Waals surface area contributed by atoms with Crippen molar-refractivity contribution in [1.82, 2.24) is 9.88 Å². The maximum atomic E-state index is 12.4. The molecule has 3 N–H and O–H groups in total. The fourth-order valence-electron chi connectivity index (χ4n) is 3.39. The smallest absolute Gasteiger partial charge is 0.251 e. The maximum Gasteiger partial charge on any atom is 0.251 e. The molecular weight excluding hydrogens is 390 g/mol. The van der Waals surface area contributed by atoms with Crippen LogP contribution in [-0.4, -0.2) is 22.9 Å². The van der Waals surface area contributed by atoms with Gasteiger partial charge in [-0.2, -0.15) is 0 Å². The first-order valence-electron chi connectivity index (χ1n) is 10.1. The second kappa shape index (κ2) is 9.17. The van der Waals surface area contributed by atoms with E-state index in [1.807, 2.05) is 12.1 Å². The third-order valence-electron chi connectivity index (χ3n) is 5.03. The van der Waals surface area contributed by atoms with E-state index in [2.05, 4.69) is 34.3 Å². The summed E-state index contributed by atoms with van der Waals surface area (Å²) in [7, 11) is 0. The molecule has 0 spiro atoms. The third kappa shape index (κ3) is 4.93. The van der Waals surface area contributed by atoms with E-state index >= 15 is 0 Å². The Hall–Kier alpha value is -4.06. The van der Waals surface area contributed by atoms with Gasteiger partial charge in [-0.3, -0.25) is 9.59 Å². The van der Waals surface area contributed by atoms with Crippen LogP contribution in [0.2, 0.25) is 0 Å². The van der Waals surface area contributed by atoms with Crippen molar-refractivity contribution in [1.29, 1.82) is 0 Å². The minimum atomic E-state index is -0.483. The topological polar surface area (TPSA) is 86.4 Å². The maximum absolute atomic E-state index is 12.4. The van der Waals surface area contributed by atoms with Gasteiger partial charge >= 0.3 is 0 Å². The van der Waals surface area contributed by atoms with Crippen molar-refractivity contribution in [2.24, 2.45) is 5.73 Å². The van der Waals surface area contributed by atoms with Crippen molar-refractivity contribution in [3.63, 3.8) is 0 Å². The molecular formula is C25H23N3O3. The summed E-state index contributed by atoms with van der Waals surface area (Å²) in [4.78, 5) is 23.5. The van der Waals surface area contributed by atoms with Crippen LogP contribution >= 0.6 is 0 Å². The zero-order valence-corrected chi connectivity index (χ0v) is 17.0. The number of carbonyl (C=O) groups is 2. The number of hydrogen-bond acceptors (Lipinski definition) is 3. The Morgan fingerprint density at radius 1 is 0.839 bits per heavy atom. The summed E-state index contributed by atoms with van der Waals surface area (Å²) in [5.74, 6) is 0.584. The Kier molecular flexibility index (Phi) is 5.98. The van der Waals surface area contributed by atoms with Gasteiger partial charge in [-0.05, 0) is 72.5 Å². The molecule has 6 nitrogen and oxygen atoms in total. The van der Waals surface area contributed by atoms with Crippen LogP contribution in [0.15, 0.2) is 85.1 Å². The number of nitrogens with zero attached hydrogens (tertiary/aromatic N) is 1. The number of nitrogens with one attached hydrogen (secondary N) is 1. The van der Waals surface area contributed by atoms with Gasteiger partial charge in [0.05, 0.1) is 0 Å². The van der Waals surface area contributed by atoms with Crippen LogP contribution in [-0.2, 0) is 6.54 Å². The number of para-hydroxylation sites is 1. The molecule has 0 fully saturated rings. The summed E-state index contributed by atoms with van der Waals surface area (Å²) in [5.41, 5.74) is 7.43. The van der Waals surface area contributed by atoms with E-state index in [0.717, 1.165) is 13.0 Å². The first-order chi connectivity index (χ1) is 15.1. The van der Waals surface area contributed by atoms with Crippen molar-refractivity contribution >= 4 is 22.7 Å². The number of aromatic nitrogens is 1. The Bertz CT molecular complexity index is 1190. The number of benzene rings is 3. The zero-order chi connectivity index (χ0) is 21.6. The first kappa shape index (κ1) is 20.2. The summed E-state index contributed by atoms with van der Waals surface area (Å²) in [6, 6.07) is 23.8. The molecule has 156 valence electrons. The predicted molar refractivity (Wildman–Crippen MR) is 120 cm³/mol. The number of amides is 2. The van der Waals surface area contributed by atoms with Crippen molar-refractivity contribution in [3.8, 4) is 11.5 Å². The van der Waals surface area contributed by atoms with E-state index in [9.17, 15) is 9.59 Å². The normalized spacial score (nSPS) is 10.7. The highest BCUT2D eigenvalue weighted by molar-refractivity contribution is 5.94. The molecule has 3 aromatic carbocycles. The highest BCUT2D eigenvalue weighted by atomic mass is 16.5. The molecule has 31 heavy (non-hydrogen) atoms. The lowest BCUT2D eigenvalue weighted by Crippen LogP contribution is -2.25. The molecule has 0 unspecified atom stereocenters. The molecule has 0 aliphatic heterocycles. The van der Waals surface area contributed by atoms with Crippen LogP contribution in [0.25, 0.3) is 10.9 Å². The van der Waals surface area contributed by atoms with Gasteiger partial charge in [0.25, 0.3) is 5.91 Å². The average molecular weight is 413 g/mol. The number of nitrogens with two attached hydrogens (primary N) is 1. The number of rotatable bonds is 8. The molecule has 1 heterocycles. The number of carbonyl (C=O) groups excluding carboxylic acids is 2. The molecule has 0 aliphatic rings. The van der Waals surface area contributed by atoms with E-state index in [-0.39, 0.29) is 5.91 Å². The van der Waals surface area contributed by atoms with Crippen molar-refractivity contribution in [2.75, 3.05) is 6.54 Å². The minimum Gasteiger partial charge on any atom is -0.457 e. The van der Waals surface area contributed by atoms with Gasteiger partial charge in [0, 0.05) is 35.9 Å². The molecule has 0 saturated carbocycles. The lowest BCUT2D eigenvalue weighted by molar-refractivity contribution is 0.0951. The minimum absolute atomic E-state index is 0.116. The molecule has 0 radical (unpaired) electrons. The van der Waals surface area contributed by atoms with Crippen LogP contribution in [0.5, 0.6) is 11.5 Å². The number of primary amides is 1. The lowest BCUT2D eigenvalue weighted by atomic mass is 10.2. The summed E-state index contributed by atoms with van der Waals surface area (Å²) >= 11 is 0. The van der Waals surface area contributed by atoms with Gasteiger partial charge in [-0.1, -0.05) is 18.2 Å². The third-order valence-corrected chi connectivity index (χ3v) is 5.03. The van der Waals surface area contributed by atoms with Gasteiger partial charge in [0.2, 0.25) is 5.91 Å². The molecule has 6 heteroatoms. The Morgan fingerprint density at radius 3 is 2.16 bits per heavy atom. The highest BCUT2D eigenvalue weighted by Crippen LogP contribution is 2.22. The quantitative estimate of drug-likeness (QED) is 0.421. The monoisotopic (exact) mass is 413 g/mol. The number of aryl methyl sites for hydroxylation is 1. The number of hydrogen-bond donors (Lipinski definition) is 2. The van der Waals surface area contributed by atoms with E-state index < -0.39 is 5.91 Å². The van der Waals surface area contributed by atoms with Gasteiger partial charge in [-0.15, -0.1) is 0 Å². The fourth-order valence-corrected chi connectivity index (χ4v) is 3.39. The molecule has 4 rings (SSSR count). The van der Waals surface area contributed by atoms with Gasteiger partial charge in [-0.25, -0.2) is 0 Å². The summed E-state index contributed by atoms with van der Waals surface area (Å²) in [6.07, 6.45) is 2.92. The molecule has 1 aromatic heterocycles. The summed E-state index contributed by atoms with van der Waals surface area (Å²) in [5, 5.41) is 4.18. The standard InChI is InChI=1S/C25H23N3O3/c26-24(29)19-6-10-21(11-7-19)31-22-12-8-20(9-13-22)25(30)27-15-3-16-28-17-14-18-4-1-2-5-23(18)28/h1-2,4-14,17H,3,15-16H2,(H2,26,29)(H,27,30). The van der Waals surface area contributed by atoms with Gasteiger partial charge in [0.15, 0.2) is 0 Å². The van der Waals surface area contributed by atoms with Crippen LogP contribution < -0.4 is 15.8 Å². The van der Waals surface area contributed by atoms with Gasteiger partial charge < -0.3 is 20.4 Å². The second-order valence-corrected chi connectivity index (χ2v) is 7.19. The lowest BCUT2D eigenvalue weighted by Gasteiger charge is -2.09. The van der Waals surface area contributed by atoms with E-state index in [0.29, 0.717) is 29.2 Å².